The molecule has 8 heteroatoms. The lowest BCUT2D eigenvalue weighted by molar-refractivity contribution is 0.431. The SMILES string of the molecule is Oc1cc(-c2nc(-c3ncc(Br)cc3Br)no2)ccc1I. The molecule has 0 saturated carbocycles. The largest absolute Gasteiger partial charge is 0.507 e. The monoisotopic (exact) mass is 521 g/mol. The lowest BCUT2D eigenvalue weighted by atomic mass is 10.2. The first kappa shape index (κ1) is 14.9. The van der Waals surface area contributed by atoms with E-state index in [4.69, 9.17) is 4.52 Å². The van der Waals surface area contributed by atoms with Crippen LogP contribution < -0.4 is 0 Å². The molecule has 21 heavy (non-hydrogen) atoms. The minimum atomic E-state index is 0.177. The Bertz CT molecular complexity index is 823. The molecule has 2 heterocycles. The number of hydrogen-bond acceptors (Lipinski definition) is 5. The highest BCUT2D eigenvalue weighted by molar-refractivity contribution is 14.1. The van der Waals surface area contributed by atoms with E-state index in [1.807, 2.05) is 34.7 Å². The smallest absolute Gasteiger partial charge is 0.258 e. The summed E-state index contributed by atoms with van der Waals surface area (Å²) in [6, 6.07) is 7.03. The van der Waals surface area contributed by atoms with E-state index in [1.165, 1.54) is 0 Å². The number of aromatic nitrogens is 3. The van der Waals surface area contributed by atoms with Gasteiger partial charge in [-0.25, -0.2) is 0 Å². The molecule has 0 atom stereocenters. The third-order valence-corrected chi connectivity index (χ3v) is 4.59. The normalized spacial score (nSPS) is 10.8. The number of rotatable bonds is 2. The second-order valence-corrected chi connectivity index (χ2v) is 7.01. The molecule has 0 unspecified atom stereocenters. The fourth-order valence-electron chi connectivity index (χ4n) is 1.66. The predicted octanol–water partition coefficient (Wildman–Crippen LogP) is 4.63. The van der Waals surface area contributed by atoms with Gasteiger partial charge in [0, 0.05) is 20.7 Å². The van der Waals surface area contributed by atoms with Gasteiger partial charge in [0.2, 0.25) is 5.82 Å². The van der Waals surface area contributed by atoms with Crippen LogP contribution in [-0.4, -0.2) is 20.2 Å². The highest BCUT2D eigenvalue weighted by atomic mass is 127. The Morgan fingerprint density at radius 3 is 2.71 bits per heavy atom. The third-order valence-electron chi connectivity index (χ3n) is 2.64. The highest BCUT2D eigenvalue weighted by Crippen LogP contribution is 2.30. The zero-order valence-electron chi connectivity index (χ0n) is 10.2. The van der Waals surface area contributed by atoms with Crippen molar-refractivity contribution in [3.05, 3.63) is 43.0 Å². The number of pyridine rings is 1. The molecule has 0 amide bonds. The van der Waals surface area contributed by atoms with Gasteiger partial charge in [-0.05, 0) is 78.7 Å². The average Bonchev–Trinajstić information content (AvgIpc) is 2.91. The van der Waals surface area contributed by atoms with Crippen LogP contribution in [0.1, 0.15) is 0 Å². The second kappa shape index (κ2) is 6.01. The van der Waals surface area contributed by atoms with Gasteiger partial charge < -0.3 is 9.63 Å². The molecule has 3 rings (SSSR count). The van der Waals surface area contributed by atoms with Gasteiger partial charge in [0.1, 0.15) is 11.4 Å². The van der Waals surface area contributed by atoms with Crippen molar-refractivity contribution in [3.63, 3.8) is 0 Å². The molecule has 3 aromatic rings. The molecule has 0 fully saturated rings. The van der Waals surface area contributed by atoms with Crippen molar-refractivity contribution in [2.75, 3.05) is 0 Å². The van der Waals surface area contributed by atoms with Crippen LogP contribution in [-0.2, 0) is 0 Å². The maximum atomic E-state index is 9.74. The Labute approximate surface area is 150 Å². The van der Waals surface area contributed by atoms with Gasteiger partial charge >= 0.3 is 0 Å². The van der Waals surface area contributed by atoms with Gasteiger partial charge in [-0.3, -0.25) is 4.98 Å². The number of benzene rings is 1. The quantitative estimate of drug-likeness (QED) is 0.497. The van der Waals surface area contributed by atoms with Crippen LogP contribution in [0.5, 0.6) is 5.75 Å². The Morgan fingerprint density at radius 1 is 1.19 bits per heavy atom. The first-order chi connectivity index (χ1) is 10.0. The van der Waals surface area contributed by atoms with Crippen LogP contribution >= 0.6 is 54.5 Å². The highest BCUT2D eigenvalue weighted by Gasteiger charge is 2.15. The fraction of sp³-hybridized carbons (Fsp3) is 0. The summed E-state index contributed by atoms with van der Waals surface area (Å²) in [5.74, 6) is 0.881. The van der Waals surface area contributed by atoms with Crippen molar-refractivity contribution in [1.82, 2.24) is 15.1 Å². The first-order valence-corrected chi connectivity index (χ1v) is 8.35. The third kappa shape index (κ3) is 3.11. The molecule has 1 aromatic carbocycles. The minimum Gasteiger partial charge on any atom is -0.507 e. The van der Waals surface area contributed by atoms with Crippen LogP contribution in [0, 0.1) is 3.57 Å². The van der Waals surface area contributed by atoms with Crippen molar-refractivity contribution in [2.24, 2.45) is 0 Å². The summed E-state index contributed by atoms with van der Waals surface area (Å²) in [6.07, 6.45) is 1.66. The molecule has 2 aromatic heterocycles. The van der Waals surface area contributed by atoms with E-state index in [-0.39, 0.29) is 5.75 Å². The van der Waals surface area contributed by atoms with E-state index in [0.29, 0.717) is 23.0 Å². The average molecular weight is 523 g/mol. The van der Waals surface area contributed by atoms with Crippen molar-refractivity contribution in [3.8, 4) is 28.7 Å². The van der Waals surface area contributed by atoms with Gasteiger partial charge in [-0.15, -0.1) is 0 Å². The van der Waals surface area contributed by atoms with Gasteiger partial charge in [-0.1, -0.05) is 5.16 Å². The van der Waals surface area contributed by atoms with Crippen molar-refractivity contribution < 1.29 is 9.63 Å². The lowest BCUT2D eigenvalue weighted by Crippen LogP contribution is -1.88. The summed E-state index contributed by atoms with van der Waals surface area (Å²) in [6.45, 7) is 0. The number of nitrogens with zero attached hydrogens (tertiary/aromatic N) is 3. The number of halogens is 3. The maximum Gasteiger partial charge on any atom is 0.258 e. The minimum absolute atomic E-state index is 0.177. The molecule has 0 aliphatic rings. The molecule has 0 aliphatic carbocycles. The van der Waals surface area contributed by atoms with Gasteiger partial charge in [0.15, 0.2) is 0 Å². The summed E-state index contributed by atoms with van der Waals surface area (Å²) < 4.78 is 7.61. The van der Waals surface area contributed by atoms with E-state index in [2.05, 4.69) is 47.0 Å². The zero-order chi connectivity index (χ0) is 15.0. The van der Waals surface area contributed by atoms with Gasteiger partial charge in [-0.2, -0.15) is 4.98 Å². The van der Waals surface area contributed by atoms with Crippen LogP contribution in [0.25, 0.3) is 23.0 Å². The fourth-order valence-corrected chi connectivity index (χ4v) is 3.16. The summed E-state index contributed by atoms with van der Waals surface area (Å²) in [7, 11) is 0. The van der Waals surface area contributed by atoms with E-state index >= 15 is 0 Å². The van der Waals surface area contributed by atoms with E-state index in [9.17, 15) is 5.11 Å². The number of aromatic hydroxyl groups is 1. The summed E-state index contributed by atoms with van der Waals surface area (Å²) in [4.78, 5) is 8.57. The molecular formula is C13H6Br2IN3O2. The Kier molecular flexibility index (Phi) is 4.27. The summed E-state index contributed by atoms with van der Waals surface area (Å²) in [5, 5.41) is 13.7. The van der Waals surface area contributed by atoms with E-state index in [0.717, 1.165) is 12.5 Å². The van der Waals surface area contributed by atoms with E-state index < -0.39 is 0 Å². The number of hydrogen-bond donors (Lipinski definition) is 1. The van der Waals surface area contributed by atoms with Crippen LogP contribution in [0.4, 0.5) is 0 Å². The number of phenols is 1. The lowest BCUT2D eigenvalue weighted by Gasteiger charge is -1.99. The van der Waals surface area contributed by atoms with E-state index in [1.54, 1.807) is 18.3 Å². The first-order valence-electron chi connectivity index (χ1n) is 5.68. The van der Waals surface area contributed by atoms with Gasteiger partial charge in [0.05, 0.1) is 3.57 Å². The Balaban J connectivity index is 2.01. The second-order valence-electron chi connectivity index (χ2n) is 4.07. The van der Waals surface area contributed by atoms with Crippen LogP contribution in [0.2, 0.25) is 0 Å². The molecular weight excluding hydrogens is 517 g/mol. The predicted molar refractivity (Wildman–Crippen MR) is 92.7 cm³/mol. The molecule has 0 aliphatic heterocycles. The molecule has 0 spiro atoms. The Hall–Kier alpha value is -1.000. The van der Waals surface area contributed by atoms with Crippen LogP contribution in [0.15, 0.2) is 43.9 Å². The standard InChI is InChI=1S/C13H6Br2IN3O2/c14-7-4-8(15)11(17-5-7)12-18-13(21-19-12)6-1-2-9(16)10(20)3-6/h1-5,20H. The van der Waals surface area contributed by atoms with Crippen molar-refractivity contribution in [1.29, 1.82) is 0 Å². The number of phenolic OH excluding ortho intramolecular Hbond substituents is 1. The zero-order valence-corrected chi connectivity index (χ0v) is 15.5. The molecule has 1 N–H and O–H groups in total. The summed E-state index contributed by atoms with van der Waals surface area (Å²) >= 11 is 8.80. The molecule has 106 valence electrons. The van der Waals surface area contributed by atoms with Crippen LogP contribution in [0.3, 0.4) is 0 Å². The van der Waals surface area contributed by atoms with Gasteiger partial charge in [0.25, 0.3) is 5.89 Å². The van der Waals surface area contributed by atoms with Crippen molar-refractivity contribution in [2.45, 2.75) is 0 Å². The summed E-state index contributed by atoms with van der Waals surface area (Å²) in [5.41, 5.74) is 1.24. The molecule has 0 saturated heterocycles. The Morgan fingerprint density at radius 2 is 2.00 bits per heavy atom. The molecule has 5 nitrogen and oxygen atoms in total. The molecule has 0 bridgehead atoms. The maximum absolute atomic E-state index is 9.74. The topological polar surface area (TPSA) is 72.0 Å². The van der Waals surface area contributed by atoms with Crippen molar-refractivity contribution >= 4 is 54.5 Å². The molecule has 0 radical (unpaired) electrons.